The van der Waals surface area contributed by atoms with E-state index in [0.717, 1.165) is 25.7 Å². The number of carbonyl (C=O) groups is 1. The first-order valence-electron chi connectivity index (χ1n) is 8.49. The van der Waals surface area contributed by atoms with Gasteiger partial charge < -0.3 is 10.6 Å². The van der Waals surface area contributed by atoms with E-state index in [4.69, 9.17) is 5.73 Å². The van der Waals surface area contributed by atoms with Gasteiger partial charge in [0, 0.05) is 32.7 Å². The zero-order valence-corrected chi connectivity index (χ0v) is 16.5. The molecule has 0 aromatic heterocycles. The Morgan fingerprint density at radius 3 is 2.68 bits per heavy atom. The lowest BCUT2D eigenvalue weighted by Gasteiger charge is -2.25. The van der Waals surface area contributed by atoms with Crippen molar-refractivity contribution in [2.24, 2.45) is 5.73 Å². The maximum atomic E-state index is 13.1. The Kier molecular flexibility index (Phi) is 8.34. The number of nitrogens with zero attached hydrogens (tertiary/aromatic N) is 2. The summed E-state index contributed by atoms with van der Waals surface area (Å²) >= 11 is 0. The molecule has 1 aliphatic rings. The van der Waals surface area contributed by atoms with E-state index in [-0.39, 0.29) is 34.8 Å². The van der Waals surface area contributed by atoms with Crippen molar-refractivity contribution in [3.05, 3.63) is 29.8 Å². The van der Waals surface area contributed by atoms with E-state index in [1.165, 1.54) is 10.4 Å². The summed E-state index contributed by atoms with van der Waals surface area (Å²) in [6.45, 7) is 3.42. The van der Waals surface area contributed by atoms with Gasteiger partial charge in [-0.1, -0.05) is 25.5 Å². The largest absolute Gasteiger partial charge is 0.342 e. The number of amides is 1. The predicted molar refractivity (Wildman–Crippen MR) is 102 cm³/mol. The minimum atomic E-state index is -3.72. The second-order valence-corrected chi connectivity index (χ2v) is 8.08. The smallest absolute Gasteiger partial charge is 0.254 e. The summed E-state index contributed by atoms with van der Waals surface area (Å²) < 4.78 is 27.6. The monoisotopic (exact) mass is 389 g/mol. The summed E-state index contributed by atoms with van der Waals surface area (Å²) in [6.07, 6.45) is 3.43. The lowest BCUT2D eigenvalue weighted by molar-refractivity contribution is 0.0789. The molecule has 1 unspecified atom stereocenters. The molecular formula is C17H28ClN3O3S. The van der Waals surface area contributed by atoms with Gasteiger partial charge in [-0.15, -0.1) is 12.4 Å². The zero-order chi connectivity index (χ0) is 17.7. The fourth-order valence-corrected chi connectivity index (χ4v) is 4.95. The number of unbranched alkanes of at least 4 members (excludes halogenated alkanes) is 1. The highest BCUT2D eigenvalue weighted by Crippen LogP contribution is 2.28. The van der Waals surface area contributed by atoms with E-state index in [0.29, 0.717) is 19.6 Å². The summed E-state index contributed by atoms with van der Waals surface area (Å²) in [6, 6.07) is 6.27. The third kappa shape index (κ3) is 4.73. The molecule has 2 rings (SSSR count). The highest BCUT2D eigenvalue weighted by Gasteiger charge is 2.36. The maximum absolute atomic E-state index is 13.1. The summed E-state index contributed by atoms with van der Waals surface area (Å²) in [5.74, 6) is -0.258. The summed E-state index contributed by atoms with van der Waals surface area (Å²) in [7, 11) is -2.02. The first-order chi connectivity index (χ1) is 11.4. The maximum Gasteiger partial charge on any atom is 0.254 e. The van der Waals surface area contributed by atoms with E-state index in [1.54, 1.807) is 30.1 Å². The quantitative estimate of drug-likeness (QED) is 0.773. The van der Waals surface area contributed by atoms with Gasteiger partial charge in [0.15, 0.2) is 0 Å². The molecule has 1 aromatic carbocycles. The molecule has 2 N–H and O–H groups in total. The van der Waals surface area contributed by atoms with Crippen LogP contribution in [0.2, 0.25) is 0 Å². The Morgan fingerprint density at radius 2 is 2.04 bits per heavy atom. The number of carbonyl (C=O) groups excluding carboxylic acids is 1. The number of sulfonamides is 1. The predicted octanol–water partition coefficient (Wildman–Crippen LogP) is 2.09. The lowest BCUT2D eigenvalue weighted by Crippen LogP contribution is -2.40. The number of rotatable bonds is 7. The van der Waals surface area contributed by atoms with Gasteiger partial charge in [0.05, 0.1) is 10.5 Å². The van der Waals surface area contributed by atoms with Gasteiger partial charge in [0.25, 0.3) is 5.91 Å². The van der Waals surface area contributed by atoms with E-state index in [2.05, 4.69) is 6.92 Å². The third-order valence-corrected chi connectivity index (χ3v) is 6.50. The van der Waals surface area contributed by atoms with Gasteiger partial charge in [-0.3, -0.25) is 4.79 Å². The van der Waals surface area contributed by atoms with Crippen molar-refractivity contribution < 1.29 is 13.2 Å². The van der Waals surface area contributed by atoms with Crippen molar-refractivity contribution >= 4 is 28.3 Å². The van der Waals surface area contributed by atoms with Gasteiger partial charge in [-0.25, -0.2) is 8.42 Å². The second kappa shape index (κ2) is 9.52. The minimum Gasteiger partial charge on any atom is -0.342 e. The van der Waals surface area contributed by atoms with Crippen molar-refractivity contribution in [1.82, 2.24) is 9.21 Å². The standard InChI is InChI=1S/C17H27N3O3S.ClH/c1-3-4-11-19(2)17(21)15-9-5-6-10-16(15)24(22,23)20-12-7-8-14(20)13-18;/h5-6,9-10,14H,3-4,7-8,11-13,18H2,1-2H3;1H. The summed E-state index contributed by atoms with van der Waals surface area (Å²) in [5.41, 5.74) is 5.95. The first-order valence-corrected chi connectivity index (χ1v) is 9.93. The SMILES string of the molecule is CCCCN(C)C(=O)c1ccccc1S(=O)(=O)N1CCCC1CN.Cl. The number of halogens is 1. The van der Waals surface area contributed by atoms with Crippen LogP contribution >= 0.6 is 12.4 Å². The molecule has 1 aromatic rings. The van der Waals surface area contributed by atoms with Crippen LogP contribution in [0.15, 0.2) is 29.2 Å². The van der Waals surface area contributed by atoms with Crippen LogP contribution in [0.25, 0.3) is 0 Å². The van der Waals surface area contributed by atoms with Crippen molar-refractivity contribution in [3.8, 4) is 0 Å². The molecule has 1 saturated heterocycles. The van der Waals surface area contributed by atoms with Crippen LogP contribution in [0.1, 0.15) is 43.0 Å². The van der Waals surface area contributed by atoms with Crippen LogP contribution in [0.5, 0.6) is 0 Å². The highest BCUT2D eigenvalue weighted by molar-refractivity contribution is 7.89. The Hall–Kier alpha value is -1.15. The fraction of sp³-hybridized carbons (Fsp3) is 0.588. The lowest BCUT2D eigenvalue weighted by atomic mass is 10.2. The van der Waals surface area contributed by atoms with Crippen LogP contribution in [0.3, 0.4) is 0 Å². The number of hydrogen-bond acceptors (Lipinski definition) is 4. The van der Waals surface area contributed by atoms with Gasteiger partial charge in [0.2, 0.25) is 10.0 Å². The average Bonchev–Trinajstić information content (AvgIpc) is 3.08. The molecule has 8 heteroatoms. The van der Waals surface area contributed by atoms with Crippen LogP contribution in [0, 0.1) is 0 Å². The number of nitrogens with two attached hydrogens (primary N) is 1. The third-order valence-electron chi connectivity index (χ3n) is 4.49. The molecular weight excluding hydrogens is 362 g/mol. The Morgan fingerprint density at radius 1 is 1.36 bits per heavy atom. The normalized spacial score (nSPS) is 18.0. The van der Waals surface area contributed by atoms with Crippen LogP contribution in [-0.4, -0.2) is 56.3 Å². The molecule has 0 aliphatic carbocycles. The van der Waals surface area contributed by atoms with Gasteiger partial charge >= 0.3 is 0 Å². The molecule has 0 spiro atoms. The molecule has 1 atom stereocenters. The molecule has 6 nitrogen and oxygen atoms in total. The summed E-state index contributed by atoms with van der Waals surface area (Å²) in [4.78, 5) is 14.4. The van der Waals surface area contributed by atoms with Crippen LogP contribution < -0.4 is 5.73 Å². The van der Waals surface area contributed by atoms with Crippen molar-refractivity contribution in [2.45, 2.75) is 43.5 Å². The Bertz CT molecular complexity index is 681. The molecule has 1 fully saturated rings. The highest BCUT2D eigenvalue weighted by atomic mass is 35.5. The fourth-order valence-electron chi connectivity index (χ4n) is 3.06. The first kappa shape index (κ1) is 21.9. The molecule has 1 heterocycles. The van der Waals surface area contributed by atoms with E-state index in [1.807, 2.05) is 0 Å². The van der Waals surface area contributed by atoms with Gasteiger partial charge in [-0.2, -0.15) is 4.31 Å². The number of benzene rings is 1. The molecule has 0 saturated carbocycles. The second-order valence-electron chi connectivity index (χ2n) is 6.22. The van der Waals surface area contributed by atoms with E-state index < -0.39 is 10.0 Å². The molecule has 1 aliphatic heterocycles. The molecule has 0 bridgehead atoms. The van der Waals surface area contributed by atoms with E-state index >= 15 is 0 Å². The zero-order valence-electron chi connectivity index (χ0n) is 14.8. The average molecular weight is 390 g/mol. The van der Waals surface area contributed by atoms with Gasteiger partial charge in [-0.05, 0) is 31.4 Å². The van der Waals surface area contributed by atoms with Crippen molar-refractivity contribution in [2.75, 3.05) is 26.7 Å². The van der Waals surface area contributed by atoms with Gasteiger partial charge in [0.1, 0.15) is 0 Å². The van der Waals surface area contributed by atoms with E-state index in [9.17, 15) is 13.2 Å². The van der Waals surface area contributed by atoms with Crippen molar-refractivity contribution in [3.63, 3.8) is 0 Å². The van der Waals surface area contributed by atoms with Crippen LogP contribution in [0.4, 0.5) is 0 Å². The Balaban J connectivity index is 0.00000312. The number of hydrogen-bond donors (Lipinski definition) is 1. The molecule has 142 valence electrons. The van der Waals surface area contributed by atoms with Crippen molar-refractivity contribution in [1.29, 1.82) is 0 Å². The molecule has 1 amide bonds. The topological polar surface area (TPSA) is 83.7 Å². The molecule has 25 heavy (non-hydrogen) atoms. The molecule has 0 radical (unpaired) electrons. The minimum absolute atomic E-state index is 0. The van der Waals surface area contributed by atoms with Crippen LogP contribution in [-0.2, 0) is 10.0 Å². The Labute approximate surface area is 156 Å². The summed E-state index contributed by atoms with van der Waals surface area (Å²) in [5, 5.41) is 0.